The van der Waals surface area contributed by atoms with Crippen LogP contribution in [0.2, 0.25) is 0 Å². The molecule has 0 amide bonds. The molecule has 90 valence electrons. The van der Waals surface area contributed by atoms with Gasteiger partial charge in [-0.1, -0.05) is 35.9 Å². The zero-order valence-electron chi connectivity index (χ0n) is 10.4. The second-order valence-electron chi connectivity index (χ2n) is 4.84. The van der Waals surface area contributed by atoms with E-state index in [4.69, 9.17) is 0 Å². The molecule has 0 spiro atoms. The summed E-state index contributed by atoms with van der Waals surface area (Å²) in [5.74, 6) is 0.187. The molecule has 0 fully saturated rings. The lowest BCUT2D eigenvalue weighted by Crippen LogP contribution is -2.34. The first-order valence-electron chi connectivity index (χ1n) is 6.16. The molecule has 0 atom stereocenters. The normalized spacial score (nSPS) is 15.9. The zero-order valence-corrected chi connectivity index (χ0v) is 10.4. The fourth-order valence-corrected chi connectivity index (χ4v) is 2.47. The lowest BCUT2D eigenvalue weighted by molar-refractivity contribution is -0.113. The van der Waals surface area contributed by atoms with Crippen molar-refractivity contribution in [2.24, 2.45) is 0 Å². The molecule has 0 N–H and O–H groups in total. The molecule has 1 aliphatic rings. The fourth-order valence-electron chi connectivity index (χ4n) is 2.47. The number of hydrogen-bond acceptors (Lipinski definition) is 2. The highest BCUT2D eigenvalue weighted by atomic mass is 16.1. The van der Waals surface area contributed by atoms with Crippen molar-refractivity contribution in [3.05, 3.63) is 54.1 Å². The number of fused-ring (bicyclic) bond motifs is 1. The summed E-state index contributed by atoms with van der Waals surface area (Å²) in [6.45, 7) is 3.32. The molecule has 0 saturated heterocycles. The van der Waals surface area contributed by atoms with Crippen LogP contribution < -0.4 is 4.90 Å². The Morgan fingerprint density at radius 1 is 1.00 bits per heavy atom. The number of carbonyl (C=O) groups is 1. The monoisotopic (exact) mass is 237 g/mol. The van der Waals surface area contributed by atoms with Gasteiger partial charge in [-0.2, -0.15) is 0 Å². The van der Waals surface area contributed by atoms with Gasteiger partial charge in [0.25, 0.3) is 0 Å². The van der Waals surface area contributed by atoms with Gasteiger partial charge in [0, 0.05) is 12.2 Å². The molecule has 2 aromatic carbocycles. The van der Waals surface area contributed by atoms with E-state index in [2.05, 4.69) is 35.2 Å². The van der Waals surface area contributed by atoms with E-state index in [0.717, 1.165) is 17.8 Å². The van der Waals surface area contributed by atoms with Crippen LogP contribution in [-0.2, 0) is 4.79 Å². The second kappa shape index (κ2) is 4.30. The number of carbonyl (C=O) groups excluding carboxylic acids is 1. The first-order valence-corrected chi connectivity index (χ1v) is 6.16. The van der Waals surface area contributed by atoms with Crippen LogP contribution in [0.15, 0.2) is 54.1 Å². The third-order valence-corrected chi connectivity index (χ3v) is 3.29. The smallest absolute Gasteiger partial charge is 0.174 e. The van der Waals surface area contributed by atoms with Gasteiger partial charge in [-0.05, 0) is 35.9 Å². The minimum absolute atomic E-state index is 0.187. The van der Waals surface area contributed by atoms with E-state index in [-0.39, 0.29) is 5.78 Å². The van der Waals surface area contributed by atoms with Crippen LogP contribution in [0, 0.1) is 0 Å². The maximum Gasteiger partial charge on any atom is 0.174 e. The SMILES string of the molecule is CC1=CC(=O)CN(c2ccc3ccccc3c2)C1. The number of nitrogens with zero attached hydrogens (tertiary/aromatic N) is 1. The number of anilines is 1. The van der Waals surface area contributed by atoms with Gasteiger partial charge in [0.05, 0.1) is 6.54 Å². The summed E-state index contributed by atoms with van der Waals surface area (Å²) in [5.41, 5.74) is 2.24. The Balaban J connectivity index is 2.00. The Morgan fingerprint density at radius 3 is 2.56 bits per heavy atom. The summed E-state index contributed by atoms with van der Waals surface area (Å²) in [6.07, 6.45) is 1.75. The molecule has 1 heterocycles. The Hall–Kier alpha value is -2.09. The van der Waals surface area contributed by atoms with Crippen molar-refractivity contribution in [1.82, 2.24) is 0 Å². The van der Waals surface area contributed by atoms with Gasteiger partial charge in [-0.25, -0.2) is 0 Å². The maximum absolute atomic E-state index is 11.6. The van der Waals surface area contributed by atoms with Crippen LogP contribution in [0.1, 0.15) is 6.92 Å². The predicted octanol–water partition coefficient (Wildman–Crippen LogP) is 3.18. The highest BCUT2D eigenvalue weighted by Gasteiger charge is 2.16. The Labute approximate surface area is 107 Å². The lowest BCUT2D eigenvalue weighted by atomic mass is 10.1. The number of rotatable bonds is 1. The van der Waals surface area contributed by atoms with Gasteiger partial charge in [0.15, 0.2) is 5.78 Å². The van der Waals surface area contributed by atoms with E-state index in [9.17, 15) is 4.79 Å². The number of hydrogen-bond donors (Lipinski definition) is 0. The third kappa shape index (κ3) is 2.02. The third-order valence-electron chi connectivity index (χ3n) is 3.29. The van der Waals surface area contributed by atoms with Gasteiger partial charge in [-0.15, -0.1) is 0 Å². The molecular formula is C16H15NO. The molecule has 2 nitrogen and oxygen atoms in total. The summed E-state index contributed by atoms with van der Waals surface area (Å²) in [7, 11) is 0. The predicted molar refractivity (Wildman–Crippen MR) is 74.9 cm³/mol. The summed E-state index contributed by atoms with van der Waals surface area (Å²) in [4.78, 5) is 13.7. The van der Waals surface area contributed by atoms with Gasteiger partial charge >= 0.3 is 0 Å². The molecule has 1 aliphatic heterocycles. The van der Waals surface area contributed by atoms with Crippen LogP contribution in [-0.4, -0.2) is 18.9 Å². The van der Waals surface area contributed by atoms with Crippen molar-refractivity contribution < 1.29 is 4.79 Å². The van der Waals surface area contributed by atoms with Crippen molar-refractivity contribution in [2.45, 2.75) is 6.92 Å². The standard InChI is InChI=1S/C16H15NO/c1-12-8-16(18)11-17(10-12)15-7-6-13-4-2-3-5-14(13)9-15/h2-9H,10-11H2,1H3. The van der Waals surface area contributed by atoms with Crippen molar-refractivity contribution in [2.75, 3.05) is 18.0 Å². The molecular weight excluding hydrogens is 222 g/mol. The second-order valence-corrected chi connectivity index (χ2v) is 4.84. The summed E-state index contributed by atoms with van der Waals surface area (Å²) < 4.78 is 0. The fraction of sp³-hybridized carbons (Fsp3) is 0.188. The highest BCUT2D eigenvalue weighted by Crippen LogP contribution is 2.24. The molecule has 0 radical (unpaired) electrons. The molecule has 2 aromatic rings. The topological polar surface area (TPSA) is 20.3 Å². The largest absolute Gasteiger partial charge is 0.360 e. The molecule has 0 bridgehead atoms. The van der Waals surface area contributed by atoms with E-state index in [1.165, 1.54) is 10.8 Å². The molecule has 2 heteroatoms. The zero-order chi connectivity index (χ0) is 12.5. The number of ketones is 1. The summed E-state index contributed by atoms with van der Waals surface area (Å²) >= 11 is 0. The Kier molecular flexibility index (Phi) is 2.63. The minimum Gasteiger partial charge on any atom is -0.360 e. The van der Waals surface area contributed by atoms with Crippen LogP contribution in [0.4, 0.5) is 5.69 Å². The van der Waals surface area contributed by atoms with Gasteiger partial charge in [0.1, 0.15) is 0 Å². The van der Waals surface area contributed by atoms with E-state index in [1.54, 1.807) is 6.08 Å². The quantitative estimate of drug-likeness (QED) is 0.759. The van der Waals surface area contributed by atoms with E-state index >= 15 is 0 Å². The first-order chi connectivity index (χ1) is 8.72. The van der Waals surface area contributed by atoms with Gasteiger partial charge in [0.2, 0.25) is 0 Å². The highest BCUT2D eigenvalue weighted by molar-refractivity contribution is 5.96. The first kappa shape index (κ1) is 11.0. The summed E-state index contributed by atoms with van der Waals surface area (Å²) in [6, 6.07) is 14.6. The van der Waals surface area contributed by atoms with Crippen LogP contribution >= 0.6 is 0 Å². The number of benzene rings is 2. The molecule has 0 aromatic heterocycles. The van der Waals surface area contributed by atoms with E-state index in [0.29, 0.717) is 6.54 Å². The molecule has 18 heavy (non-hydrogen) atoms. The molecule has 0 saturated carbocycles. The molecule has 3 rings (SSSR count). The Bertz CT molecular complexity index is 642. The van der Waals surface area contributed by atoms with Gasteiger partial charge < -0.3 is 4.90 Å². The van der Waals surface area contributed by atoms with E-state index in [1.807, 2.05) is 19.1 Å². The van der Waals surface area contributed by atoms with Crippen molar-refractivity contribution in [3.63, 3.8) is 0 Å². The van der Waals surface area contributed by atoms with Crippen LogP contribution in [0.25, 0.3) is 10.8 Å². The minimum atomic E-state index is 0.187. The summed E-state index contributed by atoms with van der Waals surface area (Å²) in [5, 5.41) is 2.45. The maximum atomic E-state index is 11.6. The van der Waals surface area contributed by atoms with E-state index < -0.39 is 0 Å². The molecule has 0 unspecified atom stereocenters. The lowest BCUT2D eigenvalue weighted by Gasteiger charge is -2.27. The van der Waals surface area contributed by atoms with Gasteiger partial charge in [-0.3, -0.25) is 4.79 Å². The van der Waals surface area contributed by atoms with Crippen molar-refractivity contribution >= 4 is 22.2 Å². The average Bonchev–Trinajstić information content (AvgIpc) is 2.37. The van der Waals surface area contributed by atoms with Crippen LogP contribution in [0.3, 0.4) is 0 Å². The van der Waals surface area contributed by atoms with Crippen molar-refractivity contribution in [3.8, 4) is 0 Å². The van der Waals surface area contributed by atoms with Crippen molar-refractivity contribution in [1.29, 1.82) is 0 Å². The average molecular weight is 237 g/mol. The molecule has 0 aliphatic carbocycles. The Morgan fingerprint density at radius 2 is 1.78 bits per heavy atom. The van der Waals surface area contributed by atoms with Crippen LogP contribution in [0.5, 0.6) is 0 Å².